The number of nitrogens with one attached hydrogen (secondary N) is 1. The average Bonchev–Trinajstić information content (AvgIpc) is 2.65. The number of rotatable bonds is 8. The number of aromatic nitrogens is 1. The van der Waals surface area contributed by atoms with Crippen LogP contribution in [-0.2, 0) is 21.2 Å². The molecular formula is C19H26ClN3O4S. The van der Waals surface area contributed by atoms with Crippen molar-refractivity contribution in [2.75, 3.05) is 6.26 Å². The Hall–Kier alpha value is -2.16. The van der Waals surface area contributed by atoms with Gasteiger partial charge in [0.15, 0.2) is 9.84 Å². The summed E-state index contributed by atoms with van der Waals surface area (Å²) in [4.78, 5) is 16.5. The zero-order chi connectivity index (χ0) is 20.0. The fourth-order valence-corrected chi connectivity index (χ4v) is 3.00. The lowest BCUT2D eigenvalue weighted by Gasteiger charge is -2.18. The summed E-state index contributed by atoms with van der Waals surface area (Å²) in [5.41, 5.74) is 6.60. The van der Waals surface area contributed by atoms with Crippen LogP contribution in [0.3, 0.4) is 0 Å². The molecule has 0 fully saturated rings. The van der Waals surface area contributed by atoms with Gasteiger partial charge in [-0.15, -0.1) is 12.4 Å². The molecule has 0 saturated carbocycles. The van der Waals surface area contributed by atoms with Crippen molar-refractivity contribution < 1.29 is 17.9 Å². The van der Waals surface area contributed by atoms with Crippen LogP contribution in [0.2, 0.25) is 0 Å². The zero-order valence-corrected chi connectivity index (χ0v) is 17.7. The monoisotopic (exact) mass is 427 g/mol. The van der Waals surface area contributed by atoms with Gasteiger partial charge in [0.05, 0.1) is 10.9 Å². The van der Waals surface area contributed by atoms with Gasteiger partial charge in [-0.05, 0) is 30.2 Å². The predicted molar refractivity (Wildman–Crippen MR) is 110 cm³/mol. The molecule has 1 aromatic carbocycles. The Morgan fingerprint density at radius 1 is 1.29 bits per heavy atom. The second-order valence-corrected chi connectivity index (χ2v) is 8.46. The quantitative estimate of drug-likeness (QED) is 0.669. The van der Waals surface area contributed by atoms with Crippen LogP contribution >= 0.6 is 12.4 Å². The van der Waals surface area contributed by atoms with E-state index in [4.69, 9.17) is 10.5 Å². The van der Waals surface area contributed by atoms with E-state index in [1.807, 2.05) is 13.8 Å². The van der Waals surface area contributed by atoms with E-state index < -0.39 is 15.9 Å². The van der Waals surface area contributed by atoms with Crippen LogP contribution in [0.15, 0.2) is 47.5 Å². The van der Waals surface area contributed by atoms with Crippen LogP contribution in [0.5, 0.6) is 11.6 Å². The van der Waals surface area contributed by atoms with Crippen molar-refractivity contribution in [2.24, 2.45) is 11.7 Å². The molecule has 0 spiro atoms. The topological polar surface area (TPSA) is 111 Å². The Kier molecular flexibility index (Phi) is 8.87. The van der Waals surface area contributed by atoms with Gasteiger partial charge in [-0.3, -0.25) is 4.79 Å². The van der Waals surface area contributed by atoms with Crippen molar-refractivity contribution in [3.05, 3.63) is 48.2 Å². The third-order valence-electron chi connectivity index (χ3n) is 4.31. The fraction of sp³-hybridized carbons (Fsp3) is 0.368. The van der Waals surface area contributed by atoms with Crippen molar-refractivity contribution in [1.82, 2.24) is 10.3 Å². The second kappa shape index (κ2) is 10.4. The highest BCUT2D eigenvalue weighted by Crippen LogP contribution is 2.25. The van der Waals surface area contributed by atoms with E-state index in [2.05, 4.69) is 10.3 Å². The SMILES string of the molecule is CCC(C)C(N)C(=O)NCc1cccnc1Oc1cccc(S(C)(=O)=O)c1.Cl. The highest BCUT2D eigenvalue weighted by Gasteiger charge is 2.19. The molecule has 2 atom stereocenters. The van der Waals surface area contributed by atoms with E-state index in [1.54, 1.807) is 30.5 Å². The molecule has 28 heavy (non-hydrogen) atoms. The predicted octanol–water partition coefficient (Wildman–Crippen LogP) is 2.69. The van der Waals surface area contributed by atoms with Crippen molar-refractivity contribution in [1.29, 1.82) is 0 Å². The molecule has 9 heteroatoms. The molecule has 0 saturated heterocycles. The Labute approximate surface area is 172 Å². The number of halogens is 1. The van der Waals surface area contributed by atoms with Gasteiger partial charge < -0.3 is 15.8 Å². The smallest absolute Gasteiger partial charge is 0.237 e. The number of sulfone groups is 1. The maximum Gasteiger partial charge on any atom is 0.237 e. The highest BCUT2D eigenvalue weighted by molar-refractivity contribution is 7.90. The second-order valence-electron chi connectivity index (χ2n) is 6.45. The molecule has 2 unspecified atom stereocenters. The molecule has 2 rings (SSSR count). The molecule has 0 radical (unpaired) electrons. The summed E-state index contributed by atoms with van der Waals surface area (Å²) in [6, 6.07) is 9.10. The van der Waals surface area contributed by atoms with Crippen LogP contribution in [0.1, 0.15) is 25.8 Å². The number of hydrogen-bond donors (Lipinski definition) is 2. The molecule has 0 aliphatic heterocycles. The van der Waals surface area contributed by atoms with Crippen LogP contribution < -0.4 is 15.8 Å². The van der Waals surface area contributed by atoms with Crippen LogP contribution in [0.4, 0.5) is 0 Å². The van der Waals surface area contributed by atoms with E-state index >= 15 is 0 Å². The van der Waals surface area contributed by atoms with Gasteiger partial charge in [-0.25, -0.2) is 13.4 Å². The summed E-state index contributed by atoms with van der Waals surface area (Å²) < 4.78 is 29.1. The minimum absolute atomic E-state index is 0. The van der Waals surface area contributed by atoms with Gasteiger partial charge in [0, 0.05) is 24.6 Å². The molecule has 7 nitrogen and oxygen atoms in total. The van der Waals surface area contributed by atoms with E-state index in [9.17, 15) is 13.2 Å². The molecule has 0 aliphatic carbocycles. The van der Waals surface area contributed by atoms with Gasteiger partial charge in [0.1, 0.15) is 5.75 Å². The summed E-state index contributed by atoms with van der Waals surface area (Å²) in [6.45, 7) is 4.12. The number of ether oxygens (including phenoxy) is 1. The molecule has 1 amide bonds. The summed E-state index contributed by atoms with van der Waals surface area (Å²) in [5, 5.41) is 2.80. The molecule has 1 aromatic heterocycles. The standard InChI is InChI=1S/C19H25N3O4S.ClH/c1-4-13(2)17(20)18(23)22-12-14-7-6-10-21-19(14)26-15-8-5-9-16(11-15)27(3,24)25;/h5-11,13,17H,4,12,20H2,1-3H3,(H,22,23);1H. The Morgan fingerprint density at radius 2 is 2.00 bits per heavy atom. The molecule has 0 bridgehead atoms. The number of pyridine rings is 1. The van der Waals surface area contributed by atoms with Gasteiger partial charge in [-0.1, -0.05) is 32.4 Å². The Balaban J connectivity index is 0.00000392. The lowest BCUT2D eigenvalue weighted by atomic mass is 9.99. The van der Waals surface area contributed by atoms with E-state index in [-0.39, 0.29) is 35.7 Å². The minimum Gasteiger partial charge on any atom is -0.439 e. The van der Waals surface area contributed by atoms with Gasteiger partial charge in [0.25, 0.3) is 0 Å². The highest BCUT2D eigenvalue weighted by atomic mass is 35.5. The molecule has 2 aromatic rings. The lowest BCUT2D eigenvalue weighted by Crippen LogP contribution is -2.44. The van der Waals surface area contributed by atoms with Gasteiger partial charge >= 0.3 is 0 Å². The zero-order valence-electron chi connectivity index (χ0n) is 16.1. The summed E-state index contributed by atoms with van der Waals surface area (Å²) in [5.74, 6) is 0.479. The minimum atomic E-state index is -3.34. The molecule has 0 aliphatic rings. The van der Waals surface area contributed by atoms with E-state index in [0.29, 0.717) is 17.2 Å². The Morgan fingerprint density at radius 3 is 2.64 bits per heavy atom. The lowest BCUT2D eigenvalue weighted by molar-refractivity contribution is -0.123. The first-order chi connectivity index (χ1) is 12.7. The van der Waals surface area contributed by atoms with Crippen molar-refractivity contribution in [2.45, 2.75) is 37.8 Å². The van der Waals surface area contributed by atoms with E-state index in [1.165, 1.54) is 12.1 Å². The largest absolute Gasteiger partial charge is 0.439 e. The fourth-order valence-electron chi connectivity index (χ4n) is 2.34. The Bertz CT molecular complexity index is 906. The third kappa shape index (κ3) is 6.47. The number of benzene rings is 1. The maximum absolute atomic E-state index is 12.2. The number of carbonyl (C=O) groups is 1. The number of nitrogens with zero attached hydrogens (tertiary/aromatic N) is 1. The third-order valence-corrected chi connectivity index (χ3v) is 5.42. The van der Waals surface area contributed by atoms with Gasteiger partial charge in [-0.2, -0.15) is 0 Å². The molecule has 154 valence electrons. The number of carbonyl (C=O) groups excluding carboxylic acids is 1. The number of nitrogens with two attached hydrogens (primary N) is 1. The number of hydrogen-bond acceptors (Lipinski definition) is 6. The molecule has 3 N–H and O–H groups in total. The van der Waals surface area contributed by atoms with Crippen molar-refractivity contribution >= 4 is 28.2 Å². The maximum atomic E-state index is 12.2. The normalized spacial score (nSPS) is 13.1. The first-order valence-corrected chi connectivity index (χ1v) is 10.6. The van der Waals surface area contributed by atoms with Crippen LogP contribution in [-0.4, -0.2) is 31.6 Å². The first-order valence-electron chi connectivity index (χ1n) is 8.67. The van der Waals surface area contributed by atoms with Crippen LogP contribution in [0, 0.1) is 5.92 Å². The molecular weight excluding hydrogens is 402 g/mol. The summed E-state index contributed by atoms with van der Waals surface area (Å²) >= 11 is 0. The van der Waals surface area contributed by atoms with Crippen molar-refractivity contribution in [3.63, 3.8) is 0 Å². The van der Waals surface area contributed by atoms with E-state index in [0.717, 1.165) is 12.7 Å². The molecule has 1 heterocycles. The summed E-state index contributed by atoms with van der Waals surface area (Å²) in [7, 11) is -3.34. The van der Waals surface area contributed by atoms with Crippen molar-refractivity contribution in [3.8, 4) is 11.6 Å². The first kappa shape index (κ1) is 23.9. The summed E-state index contributed by atoms with van der Waals surface area (Å²) in [6.07, 6.45) is 3.51. The van der Waals surface area contributed by atoms with Gasteiger partial charge in [0.2, 0.25) is 11.8 Å². The average molecular weight is 428 g/mol. The number of amides is 1. The van der Waals surface area contributed by atoms with Crippen LogP contribution in [0.25, 0.3) is 0 Å².